The maximum Gasteiger partial charge on any atom is 0.523 e. The summed E-state index contributed by atoms with van der Waals surface area (Å²) < 4.78 is 47.5. The molecular formula is C31H46F3NO5. The highest BCUT2D eigenvalue weighted by Crippen LogP contribution is 2.37. The van der Waals surface area contributed by atoms with Crippen molar-refractivity contribution in [1.29, 1.82) is 0 Å². The molecule has 0 saturated carbocycles. The van der Waals surface area contributed by atoms with Crippen LogP contribution in [0.1, 0.15) is 78.7 Å². The molecule has 226 valence electrons. The van der Waals surface area contributed by atoms with Crippen molar-refractivity contribution in [3.8, 4) is 5.75 Å². The minimum Gasteiger partial charge on any atom is -0.493 e. The van der Waals surface area contributed by atoms with Gasteiger partial charge in [0.2, 0.25) is 0 Å². The fourth-order valence-corrected chi connectivity index (χ4v) is 4.26. The monoisotopic (exact) mass is 569 g/mol. The second kappa shape index (κ2) is 18.0. The van der Waals surface area contributed by atoms with Crippen LogP contribution in [0, 0.1) is 5.92 Å². The Hall–Kier alpha value is -2.59. The molecule has 1 aliphatic rings. The van der Waals surface area contributed by atoms with Crippen molar-refractivity contribution in [2.24, 2.45) is 5.92 Å². The van der Waals surface area contributed by atoms with Crippen LogP contribution in [-0.4, -0.2) is 41.6 Å². The first-order valence-electron chi connectivity index (χ1n) is 13.9. The van der Waals surface area contributed by atoms with Crippen molar-refractivity contribution in [3.05, 3.63) is 77.6 Å². The lowest BCUT2D eigenvalue weighted by Crippen LogP contribution is -2.30. The van der Waals surface area contributed by atoms with E-state index in [9.17, 15) is 23.4 Å². The number of benzene rings is 1. The molecule has 0 aromatic heterocycles. The van der Waals surface area contributed by atoms with E-state index < -0.39 is 18.3 Å². The lowest BCUT2D eigenvalue weighted by molar-refractivity contribution is -0.334. The maximum absolute atomic E-state index is 12.5. The van der Waals surface area contributed by atoms with Gasteiger partial charge in [-0.3, -0.25) is 4.74 Å². The number of hydrogen-bond donors (Lipinski definition) is 3. The predicted octanol–water partition coefficient (Wildman–Crippen LogP) is 7.47. The molecule has 40 heavy (non-hydrogen) atoms. The molecule has 2 rings (SSSR count). The minimum atomic E-state index is -4.70. The van der Waals surface area contributed by atoms with Gasteiger partial charge in [-0.05, 0) is 75.8 Å². The number of halogens is 3. The number of rotatable bonds is 15. The van der Waals surface area contributed by atoms with E-state index in [4.69, 9.17) is 9.57 Å². The summed E-state index contributed by atoms with van der Waals surface area (Å²) in [5.41, 5.74) is 5.11. The van der Waals surface area contributed by atoms with E-state index in [0.717, 1.165) is 24.8 Å². The molecule has 1 aliphatic carbocycles. The highest BCUT2D eigenvalue weighted by Gasteiger charge is 2.31. The molecule has 1 aromatic carbocycles. The van der Waals surface area contributed by atoms with E-state index in [0.29, 0.717) is 18.1 Å². The van der Waals surface area contributed by atoms with Crippen LogP contribution in [0.2, 0.25) is 0 Å². The summed E-state index contributed by atoms with van der Waals surface area (Å²) in [5, 5.41) is 18.7. The highest BCUT2D eigenvalue weighted by molar-refractivity contribution is 5.32. The molecule has 1 aromatic rings. The van der Waals surface area contributed by atoms with Gasteiger partial charge in [-0.15, -0.1) is 13.2 Å². The zero-order chi connectivity index (χ0) is 30.2. The average Bonchev–Trinajstić information content (AvgIpc) is 2.91. The molecule has 3 unspecified atom stereocenters. The van der Waals surface area contributed by atoms with Crippen molar-refractivity contribution in [2.45, 2.75) is 91.4 Å². The van der Waals surface area contributed by atoms with Crippen LogP contribution in [0.3, 0.4) is 0 Å². The Labute approximate surface area is 237 Å². The Bertz CT molecular complexity index is 963. The summed E-state index contributed by atoms with van der Waals surface area (Å²) in [7, 11) is 0. The summed E-state index contributed by atoms with van der Waals surface area (Å²) in [5.74, 6) is -0.467. The van der Waals surface area contributed by atoms with Crippen LogP contribution in [0.4, 0.5) is 13.2 Å². The van der Waals surface area contributed by atoms with Gasteiger partial charge in [0.25, 0.3) is 0 Å². The Kier molecular flexibility index (Phi) is 15.9. The molecule has 0 spiro atoms. The Morgan fingerprint density at radius 3 is 2.33 bits per heavy atom. The number of ether oxygens (including phenoxy) is 2. The molecule has 6 nitrogen and oxygen atoms in total. The van der Waals surface area contributed by atoms with Crippen molar-refractivity contribution < 1.29 is 37.7 Å². The number of alkyl halides is 3. The third-order valence-corrected chi connectivity index (χ3v) is 6.21. The fourth-order valence-electron chi connectivity index (χ4n) is 4.26. The minimum absolute atomic E-state index is 0.0637. The molecule has 0 radical (unpaired) electrons. The number of nitrogens with one attached hydrogen (secondary N) is 1. The van der Waals surface area contributed by atoms with E-state index >= 15 is 0 Å². The SMILES string of the molecule is C/C=C(\C=C/C(C)OC(F)(F)F)OCC(C1=CC=CCC1)C(CC)c1ccc(ONCCC(C)(O)O)cc1.CC. The average molecular weight is 570 g/mol. The van der Waals surface area contributed by atoms with Crippen LogP contribution in [0.25, 0.3) is 0 Å². The van der Waals surface area contributed by atoms with Crippen molar-refractivity contribution >= 4 is 0 Å². The summed E-state index contributed by atoms with van der Waals surface area (Å²) in [6.07, 6.45) is 7.87. The summed E-state index contributed by atoms with van der Waals surface area (Å²) in [6.45, 7) is 11.2. The molecule has 0 fully saturated rings. The number of hydrogen-bond acceptors (Lipinski definition) is 6. The van der Waals surface area contributed by atoms with Gasteiger partial charge in [0, 0.05) is 18.9 Å². The molecule has 0 amide bonds. The molecule has 3 atom stereocenters. The number of hydroxylamine groups is 1. The molecule has 3 N–H and O–H groups in total. The molecule has 0 bridgehead atoms. The zero-order valence-corrected chi connectivity index (χ0v) is 24.5. The quantitative estimate of drug-likeness (QED) is 0.0668. The second-order valence-electron chi connectivity index (χ2n) is 9.49. The Morgan fingerprint density at radius 2 is 1.80 bits per heavy atom. The lowest BCUT2D eigenvalue weighted by atomic mass is 9.77. The first-order valence-corrected chi connectivity index (χ1v) is 13.9. The first kappa shape index (κ1) is 35.4. The van der Waals surface area contributed by atoms with Gasteiger partial charge in [-0.25, -0.2) is 0 Å². The van der Waals surface area contributed by atoms with Gasteiger partial charge in [0.15, 0.2) is 5.79 Å². The number of aliphatic hydroxyl groups is 2. The van der Waals surface area contributed by atoms with E-state index in [1.54, 1.807) is 13.0 Å². The molecule has 0 saturated heterocycles. The predicted molar refractivity (Wildman–Crippen MR) is 152 cm³/mol. The zero-order valence-electron chi connectivity index (χ0n) is 24.5. The smallest absolute Gasteiger partial charge is 0.493 e. The van der Waals surface area contributed by atoms with Gasteiger partial charge < -0.3 is 19.8 Å². The first-order chi connectivity index (χ1) is 18.9. The van der Waals surface area contributed by atoms with Crippen LogP contribution in [0.15, 0.2) is 72.1 Å². The molecule has 0 heterocycles. The Morgan fingerprint density at radius 1 is 1.12 bits per heavy atom. The second-order valence-corrected chi connectivity index (χ2v) is 9.49. The lowest BCUT2D eigenvalue weighted by Gasteiger charge is -2.30. The van der Waals surface area contributed by atoms with Gasteiger partial charge in [0.05, 0.1) is 12.7 Å². The summed E-state index contributed by atoms with van der Waals surface area (Å²) >= 11 is 0. The van der Waals surface area contributed by atoms with Gasteiger partial charge in [-0.1, -0.05) is 62.8 Å². The van der Waals surface area contributed by atoms with Crippen molar-refractivity contribution in [2.75, 3.05) is 13.2 Å². The van der Waals surface area contributed by atoms with Crippen LogP contribution in [-0.2, 0) is 9.47 Å². The summed E-state index contributed by atoms with van der Waals surface area (Å²) in [6, 6.07) is 7.73. The molecular weight excluding hydrogens is 523 g/mol. The standard InChI is InChI=1S/C29H40F3NO5.C2H6/c1-5-24(15-12-21(3)37-29(30,31)32)36-20-27(22-10-8-7-9-11-22)26(6-2)23-13-16-25(17-14-23)38-33-19-18-28(4,34)35;1-2/h5,7-8,10,12-17,21,26-27,33-35H,6,9,11,18-20H2,1-4H3;1-2H3/b15-12-,24-5+;. The van der Waals surface area contributed by atoms with Gasteiger partial charge >= 0.3 is 6.36 Å². The largest absolute Gasteiger partial charge is 0.523 e. The van der Waals surface area contributed by atoms with Crippen molar-refractivity contribution in [3.63, 3.8) is 0 Å². The highest BCUT2D eigenvalue weighted by atomic mass is 19.4. The normalized spacial score (nSPS) is 16.6. The van der Waals surface area contributed by atoms with Gasteiger partial charge in [-0.2, -0.15) is 5.48 Å². The topological polar surface area (TPSA) is 80.2 Å². The van der Waals surface area contributed by atoms with Gasteiger partial charge in [0.1, 0.15) is 11.5 Å². The maximum atomic E-state index is 12.5. The van der Waals surface area contributed by atoms with E-state index in [-0.39, 0.29) is 24.8 Å². The van der Waals surface area contributed by atoms with Crippen molar-refractivity contribution in [1.82, 2.24) is 5.48 Å². The fraction of sp³-hybridized carbons (Fsp3) is 0.548. The van der Waals surface area contributed by atoms with Crippen LogP contribution < -0.4 is 10.3 Å². The summed E-state index contributed by atoms with van der Waals surface area (Å²) in [4.78, 5) is 5.50. The Balaban J connectivity index is 0.00000391. The third-order valence-electron chi connectivity index (χ3n) is 6.21. The van der Waals surface area contributed by atoms with E-state index in [2.05, 4.69) is 35.4 Å². The van der Waals surface area contributed by atoms with Crippen LogP contribution >= 0.6 is 0 Å². The van der Waals surface area contributed by atoms with E-state index in [1.165, 1.54) is 31.6 Å². The molecule has 9 heteroatoms. The van der Waals surface area contributed by atoms with E-state index in [1.807, 2.05) is 38.1 Å². The third kappa shape index (κ3) is 14.2. The molecule has 0 aliphatic heterocycles. The van der Waals surface area contributed by atoms with Crippen LogP contribution in [0.5, 0.6) is 5.75 Å². The number of allylic oxidation sites excluding steroid dienone is 5.